The summed E-state index contributed by atoms with van der Waals surface area (Å²) >= 11 is 1.60. The molecule has 0 atom stereocenters. The number of alkyl halides is 3. The maximum Gasteiger partial charge on any atom is 0.417 e. The summed E-state index contributed by atoms with van der Waals surface area (Å²) in [5.74, 6) is -0.647. The Morgan fingerprint density at radius 2 is 2.00 bits per heavy atom. The highest BCUT2D eigenvalue weighted by Crippen LogP contribution is 2.36. The average molecular weight is 461 g/mol. The summed E-state index contributed by atoms with van der Waals surface area (Å²) in [4.78, 5) is 20.4. The van der Waals surface area contributed by atoms with E-state index in [0.29, 0.717) is 16.8 Å². The van der Waals surface area contributed by atoms with Crippen LogP contribution in [0.5, 0.6) is 0 Å². The van der Waals surface area contributed by atoms with Crippen LogP contribution >= 0.6 is 22.6 Å². The maximum atomic E-state index is 13.2. The highest BCUT2D eigenvalue weighted by molar-refractivity contribution is 14.1. The number of hydrogen-bond acceptors (Lipinski definition) is 4. The topological polar surface area (TPSA) is 57.0 Å². The number of rotatable bonds is 2. The molecule has 0 radical (unpaired) electrons. The number of benzene rings is 1. The van der Waals surface area contributed by atoms with Crippen molar-refractivity contribution in [2.75, 3.05) is 7.11 Å². The minimum Gasteiger partial charge on any atom is -0.465 e. The Morgan fingerprint density at radius 1 is 1.28 bits per heavy atom. The molecule has 0 bridgehead atoms. The Morgan fingerprint density at radius 3 is 2.56 bits per heavy atom. The summed E-state index contributed by atoms with van der Waals surface area (Å²) in [7, 11) is 2.94. The van der Waals surface area contributed by atoms with Gasteiger partial charge in [0.15, 0.2) is 0 Å². The molecule has 3 rings (SSSR count). The molecule has 0 spiro atoms. The number of imidazole rings is 1. The number of carbonyl (C=O) groups excluding carboxylic acids is 1. The van der Waals surface area contributed by atoms with Crippen LogP contribution in [0.25, 0.3) is 22.3 Å². The third-order valence-electron chi connectivity index (χ3n) is 3.69. The minimum atomic E-state index is -4.51. The van der Waals surface area contributed by atoms with E-state index in [2.05, 4.69) is 9.97 Å². The molecule has 0 aliphatic carbocycles. The van der Waals surface area contributed by atoms with Crippen LogP contribution < -0.4 is 0 Å². The van der Waals surface area contributed by atoms with Crippen molar-refractivity contribution in [2.45, 2.75) is 6.18 Å². The second-order valence-corrected chi connectivity index (χ2v) is 6.45. The Bertz CT molecular complexity index is 983. The molecule has 130 valence electrons. The highest BCUT2D eigenvalue weighted by atomic mass is 127. The molecule has 0 aliphatic rings. The molecule has 2 aromatic heterocycles. The molecule has 0 unspecified atom stereocenters. The van der Waals surface area contributed by atoms with Crippen molar-refractivity contribution in [1.82, 2.24) is 14.5 Å². The van der Waals surface area contributed by atoms with Crippen molar-refractivity contribution in [3.05, 3.63) is 45.4 Å². The van der Waals surface area contributed by atoms with Crippen LogP contribution in [0.1, 0.15) is 15.9 Å². The summed E-state index contributed by atoms with van der Waals surface area (Å²) in [6.45, 7) is 0. The number of pyridine rings is 1. The molecule has 3 aromatic rings. The van der Waals surface area contributed by atoms with E-state index < -0.39 is 17.7 Å². The SMILES string of the molecule is COC(=O)c1cc(-c2cncn2C)nc2cc(C(F)(F)F)c(I)cc12. The number of carbonyl (C=O) groups is 1. The van der Waals surface area contributed by atoms with Gasteiger partial charge in [-0.2, -0.15) is 13.2 Å². The Kier molecular flexibility index (Phi) is 4.43. The van der Waals surface area contributed by atoms with E-state index in [1.807, 2.05) is 0 Å². The molecule has 0 saturated carbocycles. The third-order valence-corrected chi connectivity index (χ3v) is 4.58. The average Bonchev–Trinajstić information content (AvgIpc) is 2.97. The lowest BCUT2D eigenvalue weighted by Gasteiger charge is -2.13. The molecule has 9 heteroatoms. The van der Waals surface area contributed by atoms with Gasteiger partial charge in [0.25, 0.3) is 0 Å². The summed E-state index contributed by atoms with van der Waals surface area (Å²) in [5, 5.41) is 0.301. The fourth-order valence-corrected chi connectivity index (χ4v) is 3.25. The number of fused-ring (bicyclic) bond motifs is 1. The van der Waals surface area contributed by atoms with Crippen LogP contribution in [0.3, 0.4) is 0 Å². The van der Waals surface area contributed by atoms with Crippen LogP contribution in [-0.2, 0) is 18.0 Å². The van der Waals surface area contributed by atoms with E-state index in [0.717, 1.165) is 6.07 Å². The first-order valence-electron chi connectivity index (χ1n) is 6.99. The van der Waals surface area contributed by atoms with Crippen LogP contribution in [0.2, 0.25) is 0 Å². The monoisotopic (exact) mass is 461 g/mol. The quantitative estimate of drug-likeness (QED) is 0.427. The van der Waals surface area contributed by atoms with Gasteiger partial charge in [-0.05, 0) is 40.8 Å². The van der Waals surface area contributed by atoms with E-state index in [9.17, 15) is 18.0 Å². The van der Waals surface area contributed by atoms with Crippen molar-refractivity contribution >= 4 is 39.5 Å². The molecule has 25 heavy (non-hydrogen) atoms. The lowest BCUT2D eigenvalue weighted by atomic mass is 10.0. The Balaban J connectivity index is 2.36. The molecular formula is C16H11F3IN3O2. The van der Waals surface area contributed by atoms with Crippen LogP contribution in [0.15, 0.2) is 30.7 Å². The first-order valence-corrected chi connectivity index (χ1v) is 8.06. The summed E-state index contributed by atoms with van der Waals surface area (Å²) in [6, 6.07) is 3.74. The summed E-state index contributed by atoms with van der Waals surface area (Å²) in [5.41, 5.74) is 0.314. The molecule has 5 nitrogen and oxygen atoms in total. The van der Waals surface area contributed by atoms with E-state index in [4.69, 9.17) is 4.74 Å². The number of aryl methyl sites for hydroxylation is 1. The molecule has 0 fully saturated rings. The number of ether oxygens (including phenoxy) is 1. The van der Waals surface area contributed by atoms with Gasteiger partial charge in [0.1, 0.15) is 0 Å². The van der Waals surface area contributed by atoms with Gasteiger partial charge in [0, 0.05) is 16.0 Å². The predicted molar refractivity (Wildman–Crippen MR) is 93.0 cm³/mol. The molecule has 2 heterocycles. The second kappa shape index (κ2) is 6.28. The zero-order valence-electron chi connectivity index (χ0n) is 13.1. The number of hydrogen-bond donors (Lipinski definition) is 0. The predicted octanol–water partition coefficient (Wildman–Crippen LogP) is 4.05. The normalized spacial score (nSPS) is 11.8. The third kappa shape index (κ3) is 3.20. The van der Waals surface area contributed by atoms with Gasteiger partial charge in [-0.15, -0.1) is 0 Å². The number of methoxy groups -OCH3 is 1. The zero-order valence-corrected chi connectivity index (χ0v) is 15.2. The number of esters is 1. The van der Waals surface area contributed by atoms with Gasteiger partial charge in [-0.3, -0.25) is 0 Å². The minimum absolute atomic E-state index is 0.0159. The molecule has 0 amide bonds. The van der Waals surface area contributed by atoms with Gasteiger partial charge in [0.05, 0.1) is 47.7 Å². The molecular weight excluding hydrogens is 450 g/mol. The van der Waals surface area contributed by atoms with Gasteiger partial charge in [-0.1, -0.05) is 0 Å². The number of nitrogens with zero attached hydrogens (tertiary/aromatic N) is 3. The zero-order chi connectivity index (χ0) is 18.4. The van der Waals surface area contributed by atoms with Crippen LogP contribution in [0, 0.1) is 3.57 Å². The lowest BCUT2D eigenvalue weighted by molar-refractivity contribution is -0.138. The second-order valence-electron chi connectivity index (χ2n) is 5.28. The molecule has 0 N–H and O–H groups in total. The first kappa shape index (κ1) is 17.6. The van der Waals surface area contributed by atoms with Crippen molar-refractivity contribution < 1.29 is 22.7 Å². The number of aromatic nitrogens is 3. The number of halogens is 4. The summed E-state index contributed by atoms with van der Waals surface area (Å²) in [6.07, 6.45) is -1.46. The largest absolute Gasteiger partial charge is 0.465 e. The maximum absolute atomic E-state index is 13.2. The van der Waals surface area contributed by atoms with Crippen molar-refractivity contribution in [2.24, 2.45) is 7.05 Å². The standard InChI is InChI=1S/C16H11F3IN3O2/c1-23-7-21-6-14(23)13-4-9(15(24)25-2)8-3-11(20)10(16(17,18)19)5-12(8)22-13/h3-7H,1-2H3. The van der Waals surface area contributed by atoms with Gasteiger partial charge in [-0.25, -0.2) is 14.8 Å². The van der Waals surface area contributed by atoms with Gasteiger partial charge in [0.2, 0.25) is 0 Å². The van der Waals surface area contributed by atoms with Crippen LogP contribution in [-0.4, -0.2) is 27.6 Å². The van der Waals surface area contributed by atoms with Gasteiger partial charge < -0.3 is 9.30 Å². The fraction of sp³-hybridized carbons (Fsp3) is 0.188. The first-order chi connectivity index (χ1) is 11.7. The van der Waals surface area contributed by atoms with Crippen molar-refractivity contribution in [1.29, 1.82) is 0 Å². The van der Waals surface area contributed by atoms with E-state index in [1.165, 1.54) is 31.8 Å². The smallest absolute Gasteiger partial charge is 0.417 e. The summed E-state index contributed by atoms with van der Waals surface area (Å²) < 4.78 is 46.0. The highest BCUT2D eigenvalue weighted by Gasteiger charge is 2.34. The van der Waals surface area contributed by atoms with E-state index >= 15 is 0 Å². The Labute approximate surface area is 154 Å². The van der Waals surface area contributed by atoms with E-state index in [-0.39, 0.29) is 14.7 Å². The lowest BCUT2D eigenvalue weighted by Crippen LogP contribution is -2.10. The Hall–Kier alpha value is -2.17. The van der Waals surface area contributed by atoms with Crippen LogP contribution in [0.4, 0.5) is 13.2 Å². The van der Waals surface area contributed by atoms with Crippen molar-refractivity contribution in [3.8, 4) is 11.4 Å². The fourth-order valence-electron chi connectivity index (χ4n) is 2.48. The van der Waals surface area contributed by atoms with Crippen molar-refractivity contribution in [3.63, 3.8) is 0 Å². The van der Waals surface area contributed by atoms with Gasteiger partial charge >= 0.3 is 12.1 Å². The molecule has 0 aliphatic heterocycles. The molecule has 1 aromatic carbocycles. The van der Waals surface area contributed by atoms with E-state index in [1.54, 1.807) is 34.2 Å². The molecule has 0 saturated heterocycles.